The van der Waals surface area contributed by atoms with Crippen molar-refractivity contribution in [3.05, 3.63) is 47.2 Å². The van der Waals surface area contributed by atoms with Crippen molar-refractivity contribution in [2.24, 2.45) is 0 Å². The second kappa shape index (κ2) is 4.81. The van der Waals surface area contributed by atoms with Gasteiger partial charge in [0.25, 0.3) is 0 Å². The van der Waals surface area contributed by atoms with Crippen LogP contribution in [0.5, 0.6) is 0 Å². The molecular formula is C17H16F2N2O. The Morgan fingerprint density at radius 3 is 2.77 bits per heavy atom. The summed E-state index contributed by atoms with van der Waals surface area (Å²) in [5, 5.41) is 8.43. The van der Waals surface area contributed by atoms with Crippen LogP contribution in [-0.4, -0.2) is 23.9 Å². The number of benzene rings is 1. The predicted molar refractivity (Wildman–Crippen MR) is 77.5 cm³/mol. The van der Waals surface area contributed by atoms with Gasteiger partial charge in [-0.15, -0.1) is 0 Å². The molecule has 1 heterocycles. The van der Waals surface area contributed by atoms with E-state index in [9.17, 15) is 8.78 Å². The summed E-state index contributed by atoms with van der Waals surface area (Å²) in [5.41, 5.74) is 2.14. The van der Waals surface area contributed by atoms with Crippen LogP contribution in [-0.2, 0) is 10.2 Å². The Labute approximate surface area is 127 Å². The second-order valence-electron chi connectivity index (χ2n) is 6.28. The van der Waals surface area contributed by atoms with E-state index in [0.717, 1.165) is 30.5 Å². The molecule has 2 atom stereocenters. The summed E-state index contributed by atoms with van der Waals surface area (Å²) in [7, 11) is 1.69. The average molecular weight is 302 g/mol. The fraction of sp³-hybridized carbons (Fsp3) is 0.412. The monoisotopic (exact) mass is 302 g/mol. The van der Waals surface area contributed by atoms with Crippen molar-refractivity contribution in [2.45, 2.75) is 30.6 Å². The van der Waals surface area contributed by atoms with Crippen LogP contribution in [0, 0.1) is 11.6 Å². The molecule has 0 unspecified atom stereocenters. The number of halogens is 2. The normalized spacial score (nSPS) is 25.5. The molecule has 2 bridgehead atoms. The molecule has 0 amide bonds. The zero-order valence-corrected chi connectivity index (χ0v) is 12.3. The van der Waals surface area contributed by atoms with E-state index < -0.39 is 11.6 Å². The first kappa shape index (κ1) is 13.8. The molecule has 0 aliphatic heterocycles. The minimum absolute atomic E-state index is 0.0615. The highest BCUT2D eigenvalue weighted by Crippen LogP contribution is 2.56. The summed E-state index contributed by atoms with van der Waals surface area (Å²) >= 11 is 0. The summed E-state index contributed by atoms with van der Waals surface area (Å²) in [6, 6.07) is 5.65. The van der Waals surface area contributed by atoms with Crippen LogP contribution >= 0.6 is 0 Å². The van der Waals surface area contributed by atoms with Crippen molar-refractivity contribution in [3.63, 3.8) is 0 Å². The zero-order chi connectivity index (χ0) is 15.3. The molecule has 1 saturated carbocycles. The summed E-state index contributed by atoms with van der Waals surface area (Å²) < 4.78 is 33.3. The van der Waals surface area contributed by atoms with E-state index >= 15 is 0 Å². The Morgan fingerprint density at radius 2 is 2.05 bits per heavy atom. The van der Waals surface area contributed by atoms with Gasteiger partial charge in [-0.1, -0.05) is 6.07 Å². The third-order valence-electron chi connectivity index (χ3n) is 5.01. The van der Waals surface area contributed by atoms with E-state index in [0.29, 0.717) is 12.5 Å². The van der Waals surface area contributed by atoms with Crippen LogP contribution in [0.25, 0.3) is 11.3 Å². The molecule has 2 aromatic rings. The molecule has 0 spiro atoms. The van der Waals surface area contributed by atoms with Gasteiger partial charge in [-0.3, -0.25) is 0 Å². The smallest absolute Gasteiger partial charge is 0.135 e. The van der Waals surface area contributed by atoms with Gasteiger partial charge in [0.2, 0.25) is 0 Å². The number of methoxy groups -OCH3 is 1. The first-order valence-electron chi connectivity index (χ1n) is 7.46. The van der Waals surface area contributed by atoms with Gasteiger partial charge in [-0.25, -0.2) is 8.78 Å². The minimum Gasteiger partial charge on any atom is -0.384 e. The molecular weight excluding hydrogens is 286 g/mol. The highest BCUT2D eigenvalue weighted by molar-refractivity contribution is 5.62. The average Bonchev–Trinajstić information content (AvgIpc) is 3.04. The minimum atomic E-state index is -0.607. The largest absolute Gasteiger partial charge is 0.384 e. The van der Waals surface area contributed by atoms with Gasteiger partial charge >= 0.3 is 0 Å². The van der Waals surface area contributed by atoms with Crippen molar-refractivity contribution in [1.29, 1.82) is 0 Å². The molecule has 0 saturated heterocycles. The van der Waals surface area contributed by atoms with E-state index in [1.165, 1.54) is 18.2 Å². The van der Waals surface area contributed by atoms with E-state index in [-0.39, 0.29) is 16.7 Å². The number of aromatic nitrogens is 2. The Bertz CT molecular complexity index is 729. The van der Waals surface area contributed by atoms with Gasteiger partial charge in [0.05, 0.1) is 23.6 Å². The second-order valence-corrected chi connectivity index (χ2v) is 6.28. The fourth-order valence-electron chi connectivity index (χ4n) is 4.08. The molecule has 2 aliphatic rings. The van der Waals surface area contributed by atoms with Gasteiger partial charge in [-0.2, -0.15) is 10.2 Å². The van der Waals surface area contributed by atoms with Crippen molar-refractivity contribution < 1.29 is 13.5 Å². The van der Waals surface area contributed by atoms with E-state index in [1.54, 1.807) is 7.11 Å². The molecule has 5 heteroatoms. The van der Waals surface area contributed by atoms with Crippen LogP contribution in [0.3, 0.4) is 0 Å². The lowest BCUT2D eigenvalue weighted by atomic mass is 9.84. The summed E-state index contributed by atoms with van der Waals surface area (Å²) in [6.45, 7) is 0.624. The molecule has 1 aromatic heterocycles. The van der Waals surface area contributed by atoms with Crippen molar-refractivity contribution >= 4 is 0 Å². The maximum atomic E-state index is 13.9. The third-order valence-corrected chi connectivity index (χ3v) is 5.01. The first-order valence-corrected chi connectivity index (χ1v) is 7.46. The van der Waals surface area contributed by atoms with Gasteiger partial charge < -0.3 is 4.74 Å². The standard InChI is InChI=1S/C17H16F2N2O/c1-22-9-17-6-5-10(8-17)11-7-14(20-21-16(11)17)15-12(18)3-2-4-13(15)19/h2-4,7,10H,5-6,8-9H2,1H3/t10-,17+/m1/s1. The maximum Gasteiger partial charge on any atom is 0.135 e. The van der Waals surface area contributed by atoms with Crippen LogP contribution < -0.4 is 0 Å². The lowest BCUT2D eigenvalue weighted by molar-refractivity contribution is 0.131. The molecule has 0 radical (unpaired) electrons. The molecule has 3 nitrogen and oxygen atoms in total. The summed E-state index contributed by atoms with van der Waals surface area (Å²) in [4.78, 5) is 0. The van der Waals surface area contributed by atoms with E-state index in [2.05, 4.69) is 10.2 Å². The molecule has 114 valence electrons. The quantitative estimate of drug-likeness (QED) is 0.869. The Balaban J connectivity index is 1.83. The highest BCUT2D eigenvalue weighted by Gasteiger charge is 2.51. The lowest BCUT2D eigenvalue weighted by Gasteiger charge is -2.26. The lowest BCUT2D eigenvalue weighted by Crippen LogP contribution is -2.28. The third kappa shape index (κ3) is 1.81. The van der Waals surface area contributed by atoms with Crippen LogP contribution in [0.2, 0.25) is 0 Å². The number of nitrogens with zero attached hydrogens (tertiary/aromatic N) is 2. The Morgan fingerprint density at radius 1 is 1.27 bits per heavy atom. The van der Waals surface area contributed by atoms with Crippen molar-refractivity contribution in [2.75, 3.05) is 13.7 Å². The Hall–Kier alpha value is -1.88. The van der Waals surface area contributed by atoms with Gasteiger partial charge in [-0.05, 0) is 48.9 Å². The fourth-order valence-corrected chi connectivity index (χ4v) is 4.08. The van der Waals surface area contributed by atoms with Crippen molar-refractivity contribution in [1.82, 2.24) is 10.2 Å². The number of hydrogen-bond donors (Lipinski definition) is 0. The molecule has 0 N–H and O–H groups in total. The maximum absolute atomic E-state index is 13.9. The van der Waals surface area contributed by atoms with Gasteiger partial charge in [0, 0.05) is 12.5 Å². The topological polar surface area (TPSA) is 35.0 Å². The summed E-state index contributed by atoms with van der Waals surface area (Å²) in [6.07, 6.45) is 3.11. The van der Waals surface area contributed by atoms with Gasteiger partial charge in [0.15, 0.2) is 0 Å². The van der Waals surface area contributed by atoms with Crippen molar-refractivity contribution in [3.8, 4) is 11.3 Å². The van der Waals surface area contributed by atoms with Crippen LogP contribution in [0.1, 0.15) is 36.4 Å². The summed E-state index contributed by atoms with van der Waals surface area (Å²) in [5.74, 6) is -0.817. The SMILES string of the molecule is COC[C@]12CC[C@H](C1)c1cc(-c3c(F)cccc3F)nnc12. The number of rotatable bonds is 3. The number of ether oxygens (including phenoxy) is 1. The Kier molecular flexibility index (Phi) is 3.01. The van der Waals surface area contributed by atoms with Crippen LogP contribution in [0.4, 0.5) is 8.78 Å². The molecule has 4 rings (SSSR count). The predicted octanol–water partition coefficient (Wildman–Crippen LogP) is 3.59. The number of fused-ring (bicyclic) bond motifs is 5. The van der Waals surface area contributed by atoms with Gasteiger partial charge in [0.1, 0.15) is 11.6 Å². The highest BCUT2D eigenvalue weighted by atomic mass is 19.1. The first-order chi connectivity index (χ1) is 10.6. The molecule has 1 fully saturated rings. The molecule has 1 aromatic carbocycles. The van der Waals surface area contributed by atoms with Crippen LogP contribution in [0.15, 0.2) is 24.3 Å². The van der Waals surface area contributed by atoms with E-state index in [4.69, 9.17) is 4.74 Å². The zero-order valence-electron chi connectivity index (χ0n) is 12.3. The van der Waals surface area contributed by atoms with E-state index in [1.807, 2.05) is 6.07 Å². The molecule has 2 aliphatic carbocycles. The number of hydrogen-bond acceptors (Lipinski definition) is 3. The molecule has 22 heavy (non-hydrogen) atoms.